The number of amides is 5. The lowest BCUT2D eigenvalue weighted by molar-refractivity contribution is -0.137. The maximum Gasteiger partial charge on any atom is 0.255 e. The van der Waals surface area contributed by atoms with Crippen LogP contribution in [0.1, 0.15) is 83.8 Å². The number of aromatic nitrogens is 2. The molecule has 4 N–H and O–H groups in total. The molecule has 18 nitrogen and oxygen atoms in total. The summed E-state index contributed by atoms with van der Waals surface area (Å²) in [6.07, 6.45) is 8.12. The lowest BCUT2D eigenvalue weighted by Crippen LogP contribution is -2.62. The number of nitrogens with two attached hydrogens (primary N) is 1. The van der Waals surface area contributed by atoms with E-state index < -0.39 is 35.0 Å². The summed E-state index contributed by atoms with van der Waals surface area (Å²) in [6, 6.07) is 15.8. The van der Waals surface area contributed by atoms with Crippen LogP contribution in [-0.4, -0.2) is 156 Å². The Kier molecular flexibility index (Phi) is 15.8. The number of nitrogens with zero attached hydrogens (tertiary/aromatic N) is 9. The second kappa shape index (κ2) is 22.7. The largest absolute Gasteiger partial charge is 0.492 e. The Labute approximate surface area is 429 Å². The molecule has 5 aliphatic rings. The van der Waals surface area contributed by atoms with Crippen LogP contribution in [0, 0.1) is 23.0 Å². The number of piperidine rings is 2. The van der Waals surface area contributed by atoms with Gasteiger partial charge in [0.2, 0.25) is 17.7 Å². The van der Waals surface area contributed by atoms with Crippen molar-refractivity contribution < 1.29 is 37.5 Å². The Morgan fingerprint density at radius 2 is 1.66 bits per heavy atom. The van der Waals surface area contributed by atoms with Gasteiger partial charge in [-0.2, -0.15) is 5.26 Å². The fourth-order valence-electron chi connectivity index (χ4n) is 10.8. The molecule has 5 amide bonds. The normalized spacial score (nSPS) is 19.5. The molecule has 0 spiro atoms. The molecule has 4 saturated heterocycles. The summed E-state index contributed by atoms with van der Waals surface area (Å²) < 4.78 is 34.9. The van der Waals surface area contributed by atoms with Gasteiger partial charge in [0.05, 0.1) is 35.2 Å². The number of piperazine rings is 2. The first kappa shape index (κ1) is 51.4. The molecule has 9 rings (SSSR count). The summed E-state index contributed by atoms with van der Waals surface area (Å²) in [4.78, 5) is 86.5. The van der Waals surface area contributed by atoms with E-state index in [2.05, 4.69) is 41.3 Å². The van der Waals surface area contributed by atoms with Crippen LogP contribution in [0.15, 0.2) is 73.2 Å². The number of carbonyl (C=O) groups excluding carboxylic acids is 5. The van der Waals surface area contributed by atoms with Gasteiger partial charge in [0, 0.05) is 126 Å². The van der Waals surface area contributed by atoms with Crippen LogP contribution in [0.25, 0.3) is 16.7 Å². The highest BCUT2D eigenvalue weighted by Gasteiger charge is 2.41. The van der Waals surface area contributed by atoms with Crippen LogP contribution in [-0.2, 0) is 20.9 Å². The Hall–Kier alpha value is -7.50. The van der Waals surface area contributed by atoms with Crippen molar-refractivity contribution in [2.45, 2.75) is 70.0 Å². The number of ether oxygens (including phenoxy) is 1. The van der Waals surface area contributed by atoms with Crippen molar-refractivity contribution in [3.8, 4) is 22.9 Å². The fraction of sp³-hybridized carbons (Fsp3) is 0.444. The molecule has 20 heteroatoms. The molecule has 74 heavy (non-hydrogen) atoms. The van der Waals surface area contributed by atoms with Gasteiger partial charge in [0.25, 0.3) is 11.8 Å². The number of pyridine rings is 2. The van der Waals surface area contributed by atoms with Crippen molar-refractivity contribution in [3.05, 3.63) is 107 Å². The van der Waals surface area contributed by atoms with Gasteiger partial charge in [0.1, 0.15) is 35.3 Å². The molecule has 0 saturated carbocycles. The predicted molar refractivity (Wildman–Crippen MR) is 272 cm³/mol. The molecular weight excluding hydrogens is 951 g/mol. The van der Waals surface area contributed by atoms with Crippen molar-refractivity contribution in [3.63, 3.8) is 0 Å². The van der Waals surface area contributed by atoms with Crippen molar-refractivity contribution in [2.75, 3.05) is 94.9 Å². The molecule has 4 aromatic rings. The first-order chi connectivity index (χ1) is 35.8. The number of halogens is 2. The van der Waals surface area contributed by atoms with E-state index in [0.717, 1.165) is 75.0 Å². The second-order valence-electron chi connectivity index (χ2n) is 19.6. The summed E-state index contributed by atoms with van der Waals surface area (Å²) in [5, 5.41) is 15.2. The van der Waals surface area contributed by atoms with E-state index >= 15 is 0 Å². The molecule has 2 aromatic heterocycles. The molecule has 0 aliphatic carbocycles. The van der Waals surface area contributed by atoms with Gasteiger partial charge >= 0.3 is 0 Å². The van der Waals surface area contributed by atoms with E-state index in [0.29, 0.717) is 119 Å². The van der Waals surface area contributed by atoms with Crippen molar-refractivity contribution >= 4 is 46.6 Å². The quantitative estimate of drug-likeness (QED) is 0.0811. The predicted octanol–water partition coefficient (Wildman–Crippen LogP) is 4.31. The summed E-state index contributed by atoms with van der Waals surface area (Å²) in [5.41, 5.74) is 9.06. The third-order valence-corrected chi connectivity index (χ3v) is 15.0. The molecule has 0 radical (unpaired) electrons. The van der Waals surface area contributed by atoms with E-state index in [1.54, 1.807) is 23.4 Å². The SMILES string of the molecule is CCOc1cnc(/C(C#N)=C\N)c(-c2ccc(N3CCC(CN4CCN(C(=O)CCCCN5CCN(c6ccc7c(c6)C(=O)N(C6CCC(=O)NC6=O)C7)CC5)CC4)(NC(=O)c4cc(F)ccc4F)CC3)nc2)c1. The standard InChI is InChI=1S/C54H62F2N12O6/c1-2-74-41-29-42(50(60-33-41)38(30-57)31-58)36-7-12-47(59-32-36)66-17-14-54(15-18-66,62-51(71)44-27-39(55)8-10-45(44)56)35-64-21-25-67(26-22-64)49(70)5-3-4-16-63-19-23-65(24-20-63)40-9-6-37-34-68(53(73)43(37)28-40)46-11-13-48(69)61-52(46)72/h6-10,12,27-30,32-33,46H,2-5,11,13-26,34-35,57H2,1H3,(H,62,71)(H,61,69,72)/b38-30-. The smallest absolute Gasteiger partial charge is 0.255 e. The number of fused-ring (bicyclic) bond motifs is 1. The van der Waals surface area contributed by atoms with Gasteiger partial charge in [-0.1, -0.05) is 6.07 Å². The highest BCUT2D eigenvalue weighted by atomic mass is 19.1. The average Bonchev–Trinajstić information content (AvgIpc) is 3.74. The molecule has 1 unspecified atom stereocenters. The summed E-state index contributed by atoms with van der Waals surface area (Å²) in [6.45, 7) is 10.6. The number of imide groups is 1. The lowest BCUT2D eigenvalue weighted by Gasteiger charge is -2.46. The number of unbranched alkanes of at least 4 members (excludes halogenated alkanes) is 1. The highest BCUT2D eigenvalue weighted by Crippen LogP contribution is 2.34. The molecule has 388 valence electrons. The third-order valence-electron chi connectivity index (χ3n) is 15.0. The lowest BCUT2D eigenvalue weighted by atomic mass is 9.86. The summed E-state index contributed by atoms with van der Waals surface area (Å²) in [5.74, 6) is -1.74. The van der Waals surface area contributed by atoms with Gasteiger partial charge in [-0.15, -0.1) is 0 Å². The summed E-state index contributed by atoms with van der Waals surface area (Å²) in [7, 11) is 0. The number of hydrogen-bond donors (Lipinski definition) is 3. The number of nitriles is 1. The Morgan fingerprint density at radius 1 is 0.892 bits per heavy atom. The maximum atomic E-state index is 14.9. The molecule has 5 aliphatic heterocycles. The number of anilines is 2. The molecule has 7 heterocycles. The number of benzene rings is 2. The van der Waals surface area contributed by atoms with Gasteiger partial charge in [-0.3, -0.25) is 44.1 Å². The first-order valence-corrected chi connectivity index (χ1v) is 25.5. The van der Waals surface area contributed by atoms with Crippen LogP contribution in [0.4, 0.5) is 20.3 Å². The van der Waals surface area contributed by atoms with Crippen LogP contribution in [0.2, 0.25) is 0 Å². The number of rotatable bonds is 16. The van der Waals surface area contributed by atoms with Crippen LogP contribution in [0.3, 0.4) is 0 Å². The summed E-state index contributed by atoms with van der Waals surface area (Å²) >= 11 is 0. The van der Waals surface area contributed by atoms with E-state index in [9.17, 15) is 38.0 Å². The van der Waals surface area contributed by atoms with E-state index in [1.165, 1.54) is 6.20 Å². The van der Waals surface area contributed by atoms with Crippen LogP contribution in [0.5, 0.6) is 5.75 Å². The number of hydrogen-bond acceptors (Lipinski definition) is 14. The first-order valence-electron chi connectivity index (χ1n) is 25.5. The van der Waals surface area contributed by atoms with Gasteiger partial charge < -0.3 is 35.4 Å². The average molecular weight is 1010 g/mol. The highest BCUT2D eigenvalue weighted by molar-refractivity contribution is 6.05. The Morgan fingerprint density at radius 3 is 2.36 bits per heavy atom. The minimum Gasteiger partial charge on any atom is -0.492 e. The van der Waals surface area contributed by atoms with Gasteiger partial charge in [-0.25, -0.2) is 13.8 Å². The Bertz CT molecular complexity index is 2830. The van der Waals surface area contributed by atoms with Crippen molar-refractivity contribution in [1.82, 2.24) is 40.2 Å². The number of carbonyl (C=O) groups is 5. The number of nitrogens with one attached hydrogen (secondary N) is 2. The van der Waals surface area contributed by atoms with E-state index in [-0.39, 0.29) is 35.3 Å². The van der Waals surface area contributed by atoms with Crippen LogP contribution < -0.4 is 30.9 Å². The monoisotopic (exact) mass is 1010 g/mol. The minimum absolute atomic E-state index is 0.115. The molecular formula is C54H62F2N12O6. The maximum absolute atomic E-state index is 14.9. The molecule has 2 aromatic carbocycles. The molecule has 0 bridgehead atoms. The number of allylic oxidation sites excluding steroid dienone is 1. The zero-order valence-electron chi connectivity index (χ0n) is 41.7. The van der Waals surface area contributed by atoms with Crippen molar-refractivity contribution in [1.29, 1.82) is 5.26 Å². The van der Waals surface area contributed by atoms with Crippen molar-refractivity contribution in [2.24, 2.45) is 5.73 Å². The van der Waals surface area contributed by atoms with Gasteiger partial charge in [-0.05, 0) is 99.7 Å². The van der Waals surface area contributed by atoms with E-state index in [4.69, 9.17) is 15.5 Å². The molecule has 1 atom stereocenters. The minimum atomic E-state index is -0.807. The fourth-order valence-corrected chi connectivity index (χ4v) is 10.8. The Balaban J connectivity index is 0.747. The van der Waals surface area contributed by atoms with Crippen LogP contribution >= 0.6 is 0 Å². The zero-order chi connectivity index (χ0) is 51.9. The zero-order valence-corrected chi connectivity index (χ0v) is 41.7. The third kappa shape index (κ3) is 11.5. The topological polar surface area (TPSA) is 214 Å². The molecule has 4 fully saturated rings. The second-order valence-corrected chi connectivity index (χ2v) is 19.6. The van der Waals surface area contributed by atoms with E-state index in [1.807, 2.05) is 42.2 Å². The van der Waals surface area contributed by atoms with Gasteiger partial charge in [0.15, 0.2) is 0 Å².